The standard InChI is InChI=1S/C18H24N2O5/c1-25-18(24)15(10-12-6-3-2-4-7-12)20(13-8-5-9-13)17(23)14(19)11-16(21)22/h2-4,6-7,13-15H,5,8-11,19H2,1H3,(H,21,22)/t14-,15-/m0/s1. The van der Waals surface area contributed by atoms with Crippen LogP contribution in [-0.4, -0.2) is 53.1 Å². The number of ether oxygens (including phenoxy) is 1. The van der Waals surface area contributed by atoms with E-state index in [1.54, 1.807) is 0 Å². The highest BCUT2D eigenvalue weighted by atomic mass is 16.5. The van der Waals surface area contributed by atoms with Crippen LogP contribution in [0.25, 0.3) is 0 Å². The number of methoxy groups -OCH3 is 1. The van der Waals surface area contributed by atoms with Gasteiger partial charge in [-0.05, 0) is 24.8 Å². The zero-order chi connectivity index (χ0) is 18.4. The van der Waals surface area contributed by atoms with Gasteiger partial charge in [0.2, 0.25) is 5.91 Å². The molecule has 2 atom stereocenters. The molecular formula is C18H24N2O5. The van der Waals surface area contributed by atoms with E-state index in [0.717, 1.165) is 24.8 Å². The minimum atomic E-state index is -1.18. The Hall–Kier alpha value is -2.41. The topological polar surface area (TPSA) is 110 Å². The second-order valence-electron chi connectivity index (χ2n) is 6.26. The van der Waals surface area contributed by atoms with Crippen molar-refractivity contribution in [2.45, 2.75) is 50.2 Å². The van der Waals surface area contributed by atoms with E-state index in [4.69, 9.17) is 15.6 Å². The van der Waals surface area contributed by atoms with Gasteiger partial charge in [0.25, 0.3) is 0 Å². The number of rotatable bonds is 8. The van der Waals surface area contributed by atoms with Gasteiger partial charge in [-0.3, -0.25) is 9.59 Å². The maximum absolute atomic E-state index is 12.8. The average molecular weight is 348 g/mol. The van der Waals surface area contributed by atoms with Crippen LogP contribution in [0.3, 0.4) is 0 Å². The molecule has 0 aromatic heterocycles. The number of nitrogens with zero attached hydrogens (tertiary/aromatic N) is 1. The van der Waals surface area contributed by atoms with Crippen LogP contribution in [0.4, 0.5) is 0 Å². The summed E-state index contributed by atoms with van der Waals surface area (Å²) in [6, 6.07) is 7.22. The maximum atomic E-state index is 12.8. The molecule has 1 fully saturated rings. The van der Waals surface area contributed by atoms with E-state index in [1.807, 2.05) is 30.3 Å². The van der Waals surface area contributed by atoms with Crippen LogP contribution in [-0.2, 0) is 25.5 Å². The number of nitrogens with two attached hydrogens (primary N) is 1. The summed E-state index contributed by atoms with van der Waals surface area (Å²) >= 11 is 0. The number of carboxylic acids is 1. The van der Waals surface area contributed by atoms with Crippen molar-refractivity contribution in [3.63, 3.8) is 0 Å². The summed E-state index contributed by atoms with van der Waals surface area (Å²) in [6.07, 6.45) is 2.33. The Morgan fingerprint density at radius 2 is 1.92 bits per heavy atom. The lowest BCUT2D eigenvalue weighted by atomic mass is 9.88. The Morgan fingerprint density at radius 3 is 2.40 bits per heavy atom. The van der Waals surface area contributed by atoms with E-state index < -0.39 is 36.4 Å². The number of hydrogen-bond acceptors (Lipinski definition) is 5. The normalized spacial score (nSPS) is 16.4. The van der Waals surface area contributed by atoms with Gasteiger partial charge in [0.05, 0.1) is 19.6 Å². The Balaban J connectivity index is 2.28. The van der Waals surface area contributed by atoms with Crippen molar-refractivity contribution in [3.8, 4) is 0 Å². The van der Waals surface area contributed by atoms with Gasteiger partial charge in [0, 0.05) is 12.5 Å². The molecule has 1 saturated carbocycles. The van der Waals surface area contributed by atoms with Crippen LogP contribution < -0.4 is 5.73 Å². The average Bonchev–Trinajstić information content (AvgIpc) is 2.55. The molecule has 0 radical (unpaired) electrons. The SMILES string of the molecule is COC(=O)[C@H](Cc1ccccc1)N(C(=O)[C@@H](N)CC(=O)O)C1CCC1. The third-order valence-electron chi connectivity index (χ3n) is 4.52. The number of carbonyl (C=O) groups excluding carboxylic acids is 2. The molecular weight excluding hydrogens is 324 g/mol. The zero-order valence-corrected chi connectivity index (χ0v) is 14.3. The van der Waals surface area contributed by atoms with Crippen molar-refractivity contribution in [3.05, 3.63) is 35.9 Å². The fourth-order valence-electron chi connectivity index (χ4n) is 2.99. The van der Waals surface area contributed by atoms with Crippen molar-refractivity contribution in [1.82, 2.24) is 4.90 Å². The van der Waals surface area contributed by atoms with Gasteiger partial charge in [0.1, 0.15) is 6.04 Å². The molecule has 1 aromatic carbocycles. The fourth-order valence-corrected chi connectivity index (χ4v) is 2.99. The third kappa shape index (κ3) is 4.79. The minimum Gasteiger partial charge on any atom is -0.481 e. The second kappa shape index (κ2) is 8.62. The summed E-state index contributed by atoms with van der Waals surface area (Å²) < 4.78 is 4.91. The number of benzene rings is 1. The van der Waals surface area contributed by atoms with Crippen LogP contribution in [0, 0.1) is 0 Å². The summed E-state index contributed by atoms with van der Waals surface area (Å²) in [4.78, 5) is 37.5. The summed E-state index contributed by atoms with van der Waals surface area (Å²) in [5.41, 5.74) is 6.67. The maximum Gasteiger partial charge on any atom is 0.328 e. The molecule has 0 aliphatic heterocycles. The van der Waals surface area contributed by atoms with Gasteiger partial charge in [-0.25, -0.2) is 4.79 Å². The highest BCUT2D eigenvalue weighted by molar-refractivity contribution is 5.90. The fraction of sp³-hybridized carbons (Fsp3) is 0.500. The summed E-state index contributed by atoms with van der Waals surface area (Å²) in [5, 5.41) is 8.91. The molecule has 3 N–H and O–H groups in total. The molecule has 0 spiro atoms. The van der Waals surface area contributed by atoms with Crippen molar-refractivity contribution in [1.29, 1.82) is 0 Å². The molecule has 1 amide bonds. The smallest absolute Gasteiger partial charge is 0.328 e. The largest absolute Gasteiger partial charge is 0.481 e. The number of aliphatic carboxylic acids is 1. The Kier molecular flexibility index (Phi) is 6.52. The summed E-state index contributed by atoms with van der Waals surface area (Å²) in [5.74, 6) is -2.18. The zero-order valence-electron chi connectivity index (χ0n) is 14.3. The van der Waals surface area contributed by atoms with Gasteiger partial charge in [-0.15, -0.1) is 0 Å². The predicted molar refractivity (Wildman–Crippen MR) is 90.7 cm³/mol. The lowest BCUT2D eigenvalue weighted by Gasteiger charge is -2.42. The van der Waals surface area contributed by atoms with Crippen LogP contribution in [0.2, 0.25) is 0 Å². The Morgan fingerprint density at radius 1 is 1.28 bits per heavy atom. The lowest BCUT2D eigenvalue weighted by Crippen LogP contribution is -2.58. The van der Waals surface area contributed by atoms with Gasteiger partial charge >= 0.3 is 11.9 Å². The number of amides is 1. The van der Waals surface area contributed by atoms with Gasteiger partial charge in [-0.2, -0.15) is 0 Å². The van der Waals surface area contributed by atoms with Crippen molar-refractivity contribution in [2.24, 2.45) is 5.73 Å². The number of carbonyl (C=O) groups is 3. The quantitative estimate of drug-likeness (QED) is 0.677. The van der Waals surface area contributed by atoms with E-state index >= 15 is 0 Å². The van der Waals surface area contributed by atoms with Crippen molar-refractivity contribution in [2.75, 3.05) is 7.11 Å². The van der Waals surface area contributed by atoms with E-state index in [1.165, 1.54) is 12.0 Å². The molecule has 0 saturated heterocycles. The molecule has 0 unspecified atom stereocenters. The highest BCUT2D eigenvalue weighted by Gasteiger charge is 2.40. The first-order valence-electron chi connectivity index (χ1n) is 8.35. The molecule has 1 aliphatic rings. The van der Waals surface area contributed by atoms with Crippen LogP contribution in [0.1, 0.15) is 31.2 Å². The minimum absolute atomic E-state index is 0.111. The van der Waals surface area contributed by atoms with Gasteiger partial charge in [0.15, 0.2) is 0 Å². The predicted octanol–water partition coefficient (Wildman–Crippen LogP) is 0.954. The number of esters is 1. The number of carboxylic acid groups (broad SMARTS) is 1. The lowest BCUT2D eigenvalue weighted by molar-refractivity contribution is -0.157. The van der Waals surface area contributed by atoms with E-state index in [2.05, 4.69) is 0 Å². The van der Waals surface area contributed by atoms with Gasteiger partial charge in [-0.1, -0.05) is 30.3 Å². The first-order valence-corrected chi connectivity index (χ1v) is 8.35. The summed E-state index contributed by atoms with van der Waals surface area (Å²) in [6.45, 7) is 0. The van der Waals surface area contributed by atoms with Crippen LogP contribution >= 0.6 is 0 Å². The van der Waals surface area contributed by atoms with Crippen LogP contribution in [0.15, 0.2) is 30.3 Å². The van der Waals surface area contributed by atoms with E-state index in [9.17, 15) is 14.4 Å². The molecule has 1 aliphatic carbocycles. The molecule has 136 valence electrons. The molecule has 7 nitrogen and oxygen atoms in total. The van der Waals surface area contributed by atoms with E-state index in [-0.39, 0.29) is 6.04 Å². The van der Waals surface area contributed by atoms with E-state index in [0.29, 0.717) is 6.42 Å². The first kappa shape index (κ1) is 18.9. The Bertz CT molecular complexity index is 615. The molecule has 2 rings (SSSR count). The van der Waals surface area contributed by atoms with Crippen molar-refractivity contribution >= 4 is 17.8 Å². The first-order chi connectivity index (χ1) is 11.9. The number of hydrogen-bond donors (Lipinski definition) is 2. The monoisotopic (exact) mass is 348 g/mol. The van der Waals surface area contributed by atoms with Crippen LogP contribution in [0.5, 0.6) is 0 Å². The summed E-state index contributed by atoms with van der Waals surface area (Å²) in [7, 11) is 1.28. The molecule has 25 heavy (non-hydrogen) atoms. The highest BCUT2D eigenvalue weighted by Crippen LogP contribution is 2.29. The van der Waals surface area contributed by atoms with Gasteiger partial charge < -0.3 is 20.5 Å². The van der Waals surface area contributed by atoms with Crippen molar-refractivity contribution < 1.29 is 24.2 Å². The second-order valence-corrected chi connectivity index (χ2v) is 6.26. The molecule has 0 bridgehead atoms. The molecule has 0 heterocycles. The molecule has 1 aromatic rings. The molecule has 7 heteroatoms. The third-order valence-corrected chi connectivity index (χ3v) is 4.52. The Labute approximate surface area is 146 Å².